The molecule has 0 amide bonds. The van der Waals surface area contributed by atoms with Crippen LogP contribution in [-0.2, 0) is 0 Å². The van der Waals surface area contributed by atoms with E-state index in [1.165, 1.54) is 6.92 Å². The Labute approximate surface area is 119 Å². The minimum Gasteiger partial charge on any atom is -0.391 e. The van der Waals surface area contributed by atoms with E-state index < -0.39 is 0 Å². The molecule has 0 spiro atoms. The van der Waals surface area contributed by atoms with Crippen LogP contribution in [0.2, 0.25) is 0 Å². The second-order valence-electron chi connectivity index (χ2n) is 5.43. The maximum absolute atomic E-state index is 11.8. The number of aliphatic hydroxyl groups excluding tert-OH is 1. The van der Waals surface area contributed by atoms with Crippen LogP contribution in [0.1, 0.15) is 48.5 Å². The maximum atomic E-state index is 11.8. The van der Waals surface area contributed by atoms with Gasteiger partial charge in [-0.15, -0.1) is 0 Å². The Morgan fingerprint density at radius 1 is 1.40 bits per heavy atom. The molecule has 1 aliphatic carbocycles. The molecule has 2 atom stereocenters. The molecule has 20 heavy (non-hydrogen) atoms. The summed E-state index contributed by atoms with van der Waals surface area (Å²) in [6.45, 7) is 1.52. The molecule has 0 bridgehead atoms. The van der Waals surface area contributed by atoms with Crippen molar-refractivity contribution in [2.45, 2.75) is 44.8 Å². The van der Waals surface area contributed by atoms with Gasteiger partial charge in [-0.2, -0.15) is 5.26 Å². The normalized spacial score (nSPS) is 22.1. The van der Waals surface area contributed by atoms with Crippen LogP contribution in [0.5, 0.6) is 0 Å². The standard InChI is InChI=1S/C16H20N2O2/c1-11(19)13-8-7-12(10-17)9-15(13)18(2)14-5-3-4-6-16(14)20/h7-9,14,16,20H,3-6H2,1-2H3. The monoisotopic (exact) mass is 272 g/mol. The summed E-state index contributed by atoms with van der Waals surface area (Å²) in [5, 5.41) is 19.2. The van der Waals surface area contributed by atoms with E-state index in [4.69, 9.17) is 5.26 Å². The molecule has 1 aliphatic rings. The van der Waals surface area contributed by atoms with Crippen molar-refractivity contribution in [3.63, 3.8) is 0 Å². The largest absolute Gasteiger partial charge is 0.391 e. The zero-order valence-electron chi connectivity index (χ0n) is 12.0. The SMILES string of the molecule is CC(=O)c1ccc(C#N)cc1N(C)C1CCCCC1O. The number of ketones is 1. The Bertz CT molecular complexity index is 548. The van der Waals surface area contributed by atoms with Gasteiger partial charge in [0.05, 0.1) is 23.8 Å². The molecule has 4 heteroatoms. The first-order chi connectivity index (χ1) is 9.54. The first-order valence-electron chi connectivity index (χ1n) is 7.00. The Hall–Kier alpha value is -1.86. The van der Waals surface area contributed by atoms with E-state index in [1.807, 2.05) is 11.9 Å². The maximum Gasteiger partial charge on any atom is 0.161 e. The third kappa shape index (κ3) is 2.83. The number of Topliss-reactive ketones (excluding diaryl/α,β-unsaturated/α-hetero) is 1. The summed E-state index contributed by atoms with van der Waals surface area (Å²) in [4.78, 5) is 13.7. The summed E-state index contributed by atoms with van der Waals surface area (Å²) >= 11 is 0. The lowest BCUT2D eigenvalue weighted by molar-refractivity contribution is 0.100. The van der Waals surface area contributed by atoms with Crippen molar-refractivity contribution >= 4 is 11.5 Å². The summed E-state index contributed by atoms with van der Waals surface area (Å²) in [5.41, 5.74) is 1.87. The molecule has 0 aliphatic heterocycles. The third-order valence-corrected chi connectivity index (χ3v) is 4.08. The molecule has 1 N–H and O–H groups in total. The van der Waals surface area contributed by atoms with Crippen molar-refractivity contribution < 1.29 is 9.90 Å². The minimum atomic E-state index is -0.376. The van der Waals surface area contributed by atoms with Crippen LogP contribution in [-0.4, -0.2) is 30.1 Å². The molecule has 106 valence electrons. The van der Waals surface area contributed by atoms with Gasteiger partial charge in [-0.25, -0.2) is 0 Å². The van der Waals surface area contributed by atoms with Crippen molar-refractivity contribution in [2.75, 3.05) is 11.9 Å². The topological polar surface area (TPSA) is 64.3 Å². The van der Waals surface area contributed by atoms with Crippen molar-refractivity contribution in [3.8, 4) is 6.07 Å². The summed E-state index contributed by atoms with van der Waals surface area (Å²) in [7, 11) is 1.89. The number of likely N-dealkylation sites (N-methyl/N-ethyl adjacent to an activating group) is 1. The molecular weight excluding hydrogens is 252 g/mol. The Balaban J connectivity index is 2.39. The van der Waals surface area contributed by atoms with Gasteiger partial charge in [-0.05, 0) is 38.0 Å². The fourth-order valence-corrected chi connectivity index (χ4v) is 2.91. The molecule has 1 aromatic carbocycles. The molecule has 1 fully saturated rings. The molecule has 0 aromatic heterocycles. The zero-order chi connectivity index (χ0) is 14.7. The second kappa shape index (κ2) is 6.06. The molecular formula is C16H20N2O2. The first-order valence-corrected chi connectivity index (χ1v) is 7.00. The molecule has 0 saturated heterocycles. The highest BCUT2D eigenvalue weighted by molar-refractivity contribution is 6.00. The Kier molecular flexibility index (Phi) is 4.41. The van der Waals surface area contributed by atoms with E-state index in [-0.39, 0.29) is 17.9 Å². The summed E-state index contributed by atoms with van der Waals surface area (Å²) < 4.78 is 0. The fraction of sp³-hybridized carbons (Fsp3) is 0.500. The Morgan fingerprint density at radius 3 is 2.70 bits per heavy atom. The second-order valence-corrected chi connectivity index (χ2v) is 5.43. The van der Waals surface area contributed by atoms with Gasteiger partial charge in [0.25, 0.3) is 0 Å². The van der Waals surface area contributed by atoms with Crippen LogP contribution in [0.15, 0.2) is 18.2 Å². The van der Waals surface area contributed by atoms with Gasteiger partial charge in [0.1, 0.15) is 0 Å². The van der Waals surface area contributed by atoms with Gasteiger partial charge in [-0.1, -0.05) is 12.8 Å². The predicted octanol–water partition coefficient (Wildman–Crippen LogP) is 2.50. The zero-order valence-corrected chi connectivity index (χ0v) is 12.0. The van der Waals surface area contributed by atoms with E-state index in [1.54, 1.807) is 18.2 Å². The number of aliphatic hydroxyl groups is 1. The minimum absolute atomic E-state index is 0.00999. The average Bonchev–Trinajstić information content (AvgIpc) is 2.46. The molecule has 0 radical (unpaired) electrons. The highest BCUT2D eigenvalue weighted by Gasteiger charge is 2.28. The van der Waals surface area contributed by atoms with Crippen LogP contribution < -0.4 is 4.90 Å². The summed E-state index contributed by atoms with van der Waals surface area (Å²) in [6, 6.07) is 7.20. The predicted molar refractivity (Wildman–Crippen MR) is 77.8 cm³/mol. The molecule has 0 heterocycles. The van der Waals surface area contributed by atoms with Gasteiger partial charge < -0.3 is 10.0 Å². The number of nitrogens with zero attached hydrogens (tertiary/aromatic N) is 2. The molecule has 2 unspecified atom stereocenters. The Morgan fingerprint density at radius 2 is 2.10 bits per heavy atom. The number of rotatable bonds is 3. The van der Waals surface area contributed by atoms with E-state index in [0.717, 1.165) is 31.4 Å². The van der Waals surface area contributed by atoms with E-state index in [9.17, 15) is 9.90 Å². The number of hydrogen-bond acceptors (Lipinski definition) is 4. The first kappa shape index (κ1) is 14.5. The van der Waals surface area contributed by atoms with Crippen molar-refractivity contribution in [2.24, 2.45) is 0 Å². The van der Waals surface area contributed by atoms with Crippen LogP contribution in [0.4, 0.5) is 5.69 Å². The molecule has 1 aromatic rings. The molecule has 1 saturated carbocycles. The van der Waals surface area contributed by atoms with Crippen LogP contribution in [0.3, 0.4) is 0 Å². The number of nitriles is 1. The highest BCUT2D eigenvalue weighted by atomic mass is 16.3. The number of carbonyl (C=O) groups excluding carboxylic acids is 1. The van der Waals surface area contributed by atoms with Crippen LogP contribution >= 0.6 is 0 Å². The number of benzene rings is 1. The smallest absolute Gasteiger partial charge is 0.161 e. The van der Waals surface area contributed by atoms with Gasteiger partial charge in [0.2, 0.25) is 0 Å². The third-order valence-electron chi connectivity index (χ3n) is 4.08. The lowest BCUT2D eigenvalue weighted by Gasteiger charge is -2.37. The van der Waals surface area contributed by atoms with Gasteiger partial charge in [0, 0.05) is 18.3 Å². The van der Waals surface area contributed by atoms with Gasteiger partial charge >= 0.3 is 0 Å². The van der Waals surface area contributed by atoms with Crippen molar-refractivity contribution in [3.05, 3.63) is 29.3 Å². The van der Waals surface area contributed by atoms with E-state index >= 15 is 0 Å². The highest BCUT2D eigenvalue weighted by Crippen LogP contribution is 2.29. The van der Waals surface area contributed by atoms with Gasteiger partial charge in [-0.3, -0.25) is 4.79 Å². The number of anilines is 1. The van der Waals surface area contributed by atoms with Crippen molar-refractivity contribution in [1.82, 2.24) is 0 Å². The average molecular weight is 272 g/mol. The summed E-state index contributed by atoms with van der Waals surface area (Å²) in [6.07, 6.45) is 3.45. The molecule has 4 nitrogen and oxygen atoms in total. The van der Waals surface area contributed by atoms with Crippen molar-refractivity contribution in [1.29, 1.82) is 5.26 Å². The fourth-order valence-electron chi connectivity index (χ4n) is 2.91. The molecule has 2 rings (SSSR count). The van der Waals surface area contributed by atoms with E-state index in [2.05, 4.69) is 6.07 Å². The number of carbonyl (C=O) groups is 1. The quantitative estimate of drug-likeness (QED) is 0.859. The van der Waals surface area contributed by atoms with Gasteiger partial charge in [0.15, 0.2) is 5.78 Å². The number of hydrogen-bond donors (Lipinski definition) is 1. The summed E-state index contributed by atoms with van der Waals surface area (Å²) in [5.74, 6) is -0.0263. The lowest BCUT2D eigenvalue weighted by atomic mass is 9.90. The van der Waals surface area contributed by atoms with Crippen LogP contribution in [0, 0.1) is 11.3 Å². The van der Waals surface area contributed by atoms with E-state index in [0.29, 0.717) is 11.1 Å². The lowest BCUT2D eigenvalue weighted by Crippen LogP contribution is -2.44. The van der Waals surface area contributed by atoms with Crippen LogP contribution in [0.25, 0.3) is 0 Å².